The highest BCUT2D eigenvalue weighted by Crippen LogP contribution is 2.58. The summed E-state index contributed by atoms with van der Waals surface area (Å²) >= 11 is 0. The van der Waals surface area contributed by atoms with E-state index in [4.69, 9.17) is 0 Å². The Morgan fingerprint density at radius 2 is 1.53 bits per heavy atom. The summed E-state index contributed by atoms with van der Waals surface area (Å²) in [7, 11) is 0. The second-order valence-electron chi connectivity index (χ2n) is 19.9. The molecule has 0 fully saturated rings. The van der Waals surface area contributed by atoms with Crippen LogP contribution in [0.2, 0.25) is 0 Å². The van der Waals surface area contributed by atoms with E-state index in [9.17, 15) is 0 Å². The molecule has 11 rings (SSSR count). The van der Waals surface area contributed by atoms with Gasteiger partial charge in [0, 0.05) is 34.8 Å². The summed E-state index contributed by atoms with van der Waals surface area (Å²) in [6, 6.07) is 0. The summed E-state index contributed by atoms with van der Waals surface area (Å²) in [5.74, 6) is 6.26. The van der Waals surface area contributed by atoms with Crippen LogP contribution in [0.15, 0.2) is 153 Å². The highest BCUT2D eigenvalue weighted by molar-refractivity contribution is 5.48. The van der Waals surface area contributed by atoms with Gasteiger partial charge in [-0.15, -0.1) is 0 Å². The van der Waals surface area contributed by atoms with E-state index in [1.807, 2.05) is 11.1 Å². The number of nitrogens with zero attached hydrogens (tertiary/aromatic N) is 1. The molecule has 0 aromatic carbocycles. The Morgan fingerprint density at radius 3 is 2.37 bits per heavy atom. The standard InChI is InChI=1S/C56H67N/c1-4-15-38(16-5-1)44-33-45(39-17-6-2-7-18-39)35-46(34-44)40-27-29-41(30-28-40)52-37-43-19-14-25-48(56(43)51-24-11-10-22-49(51)52)42-31-32-55-53(36-42)50-23-12-13-26-54(50)57(55)47-20-8-3-9-21-47/h4,6,8,11,14-17,19-21,24,27,29,32-33,39,42-44,46,48,51,53,56H,1-3,5,7,9-10,12-13,18,22-23,25-26,28,30-31,34-37H2. The zero-order chi connectivity index (χ0) is 37.7. The first kappa shape index (κ1) is 36.5. The Balaban J connectivity index is 0.854. The smallest absolute Gasteiger partial charge is 0.0412 e. The van der Waals surface area contributed by atoms with Crippen molar-refractivity contribution < 1.29 is 0 Å². The van der Waals surface area contributed by atoms with Crippen LogP contribution < -0.4 is 0 Å². The lowest BCUT2D eigenvalue weighted by molar-refractivity contribution is 0.115. The van der Waals surface area contributed by atoms with Crippen molar-refractivity contribution in [1.29, 1.82) is 0 Å². The van der Waals surface area contributed by atoms with Gasteiger partial charge >= 0.3 is 0 Å². The number of hydrogen-bond donors (Lipinski definition) is 0. The molecule has 1 heterocycles. The molecular weight excluding hydrogens is 687 g/mol. The van der Waals surface area contributed by atoms with Crippen LogP contribution in [0.3, 0.4) is 0 Å². The quantitative estimate of drug-likeness (QED) is 0.244. The van der Waals surface area contributed by atoms with Crippen LogP contribution in [0.1, 0.15) is 135 Å². The zero-order valence-electron chi connectivity index (χ0n) is 34.7. The molecule has 0 radical (unpaired) electrons. The first-order valence-electron chi connectivity index (χ1n) is 24.0. The van der Waals surface area contributed by atoms with Gasteiger partial charge < -0.3 is 4.90 Å². The van der Waals surface area contributed by atoms with Gasteiger partial charge in [-0.3, -0.25) is 0 Å². The van der Waals surface area contributed by atoms with Gasteiger partial charge in [0.1, 0.15) is 0 Å². The van der Waals surface area contributed by atoms with E-state index < -0.39 is 0 Å². The molecule has 0 aromatic heterocycles. The Morgan fingerprint density at radius 1 is 0.614 bits per heavy atom. The molecule has 1 nitrogen and oxygen atoms in total. The van der Waals surface area contributed by atoms with Gasteiger partial charge in [0.05, 0.1) is 0 Å². The van der Waals surface area contributed by atoms with Crippen molar-refractivity contribution in [2.24, 2.45) is 53.3 Å². The predicted molar refractivity (Wildman–Crippen MR) is 238 cm³/mol. The maximum Gasteiger partial charge on any atom is 0.0412 e. The lowest BCUT2D eigenvalue weighted by atomic mass is 9.55. The van der Waals surface area contributed by atoms with E-state index in [-0.39, 0.29) is 0 Å². The molecule has 0 aromatic rings. The van der Waals surface area contributed by atoms with Gasteiger partial charge in [-0.2, -0.15) is 0 Å². The van der Waals surface area contributed by atoms with Crippen molar-refractivity contribution in [3.05, 3.63) is 153 Å². The van der Waals surface area contributed by atoms with Gasteiger partial charge in [-0.1, -0.05) is 108 Å². The summed E-state index contributed by atoms with van der Waals surface area (Å²) < 4.78 is 0. The zero-order valence-corrected chi connectivity index (χ0v) is 34.7. The van der Waals surface area contributed by atoms with Crippen LogP contribution in [-0.2, 0) is 0 Å². The SMILES string of the molecule is C1=CC(C2C=C(C3C=CCCC3)CC(C3=CC=C(C4=C5CCC=CC5C5C(C=CCC5C5CC=C6C(C5)C5=C(CCCC5)N6C5=CCCC=C5)C4)CC3)C2)=CCC1. The molecule has 57 heavy (non-hydrogen) atoms. The van der Waals surface area contributed by atoms with E-state index in [0.717, 1.165) is 17.8 Å². The largest absolute Gasteiger partial charge is 0.318 e. The molecule has 0 spiro atoms. The molecule has 1 heteroatoms. The first-order chi connectivity index (χ1) is 28.3. The maximum atomic E-state index is 2.76. The van der Waals surface area contributed by atoms with Gasteiger partial charge in [0.2, 0.25) is 0 Å². The minimum Gasteiger partial charge on any atom is -0.318 e. The number of rotatable bonds is 6. The summed E-state index contributed by atoms with van der Waals surface area (Å²) in [5.41, 5.74) is 17.0. The minimum atomic E-state index is 0.588. The van der Waals surface area contributed by atoms with Gasteiger partial charge in [-0.25, -0.2) is 0 Å². The molecule has 1 aliphatic heterocycles. The highest BCUT2D eigenvalue weighted by atomic mass is 15.2. The fraction of sp³-hybridized carbons (Fsp3) is 0.536. The van der Waals surface area contributed by atoms with Crippen LogP contribution in [0, 0.1) is 53.3 Å². The summed E-state index contributed by atoms with van der Waals surface area (Å²) in [6.07, 6.45) is 68.1. The fourth-order valence-corrected chi connectivity index (χ4v) is 14.2. The monoisotopic (exact) mass is 754 g/mol. The van der Waals surface area contributed by atoms with Crippen molar-refractivity contribution in [2.45, 2.75) is 135 Å². The van der Waals surface area contributed by atoms with Crippen LogP contribution >= 0.6 is 0 Å². The van der Waals surface area contributed by atoms with Crippen LogP contribution in [0.5, 0.6) is 0 Å². The van der Waals surface area contributed by atoms with E-state index in [2.05, 4.69) is 102 Å². The van der Waals surface area contributed by atoms with E-state index >= 15 is 0 Å². The summed E-state index contributed by atoms with van der Waals surface area (Å²) in [4.78, 5) is 2.76. The molecule has 10 aliphatic carbocycles. The third kappa shape index (κ3) is 6.86. The summed E-state index contributed by atoms with van der Waals surface area (Å²) in [5, 5.41) is 0. The second kappa shape index (κ2) is 15.9. The number of hydrogen-bond acceptors (Lipinski definition) is 1. The second-order valence-corrected chi connectivity index (χ2v) is 19.9. The Labute approximate surface area is 345 Å². The molecule has 0 saturated carbocycles. The Hall–Kier alpha value is -3.58. The molecule has 0 saturated heterocycles. The van der Waals surface area contributed by atoms with E-state index in [0.29, 0.717) is 35.5 Å². The van der Waals surface area contributed by atoms with Gasteiger partial charge in [0.25, 0.3) is 0 Å². The average molecular weight is 754 g/mol. The molecule has 296 valence electrons. The van der Waals surface area contributed by atoms with Crippen molar-refractivity contribution in [2.75, 3.05) is 0 Å². The van der Waals surface area contributed by atoms with Gasteiger partial charge in [-0.05, 0) is 199 Å². The lowest BCUT2D eigenvalue weighted by Crippen LogP contribution is -2.41. The van der Waals surface area contributed by atoms with Crippen LogP contribution in [0.25, 0.3) is 0 Å². The van der Waals surface area contributed by atoms with E-state index in [1.54, 1.807) is 39.3 Å². The lowest BCUT2D eigenvalue weighted by Gasteiger charge is -2.49. The van der Waals surface area contributed by atoms with Crippen molar-refractivity contribution >= 4 is 0 Å². The average Bonchev–Trinajstić information content (AvgIpc) is 3.63. The third-order valence-corrected chi connectivity index (χ3v) is 16.9. The highest BCUT2D eigenvalue weighted by Gasteiger charge is 2.48. The molecule has 9 atom stereocenters. The fourth-order valence-electron chi connectivity index (χ4n) is 14.2. The van der Waals surface area contributed by atoms with Crippen molar-refractivity contribution in [3.63, 3.8) is 0 Å². The molecule has 0 bridgehead atoms. The van der Waals surface area contributed by atoms with Crippen LogP contribution in [-0.4, -0.2) is 4.90 Å². The van der Waals surface area contributed by atoms with E-state index in [1.165, 1.54) is 141 Å². The normalized spacial score (nSPS) is 37.3. The molecular formula is C56H67N. The van der Waals surface area contributed by atoms with Crippen LogP contribution in [0.4, 0.5) is 0 Å². The molecule has 0 amide bonds. The molecule has 0 N–H and O–H groups in total. The van der Waals surface area contributed by atoms with Crippen molar-refractivity contribution in [1.82, 2.24) is 4.90 Å². The Kier molecular flexibility index (Phi) is 10.2. The maximum absolute atomic E-state index is 2.76. The van der Waals surface area contributed by atoms with Gasteiger partial charge in [0.15, 0.2) is 0 Å². The summed E-state index contributed by atoms with van der Waals surface area (Å²) in [6.45, 7) is 0. The molecule has 11 aliphatic rings. The number of allylic oxidation sites excluding steroid dienone is 24. The predicted octanol–water partition coefficient (Wildman–Crippen LogP) is 15.0. The third-order valence-electron chi connectivity index (χ3n) is 16.9. The van der Waals surface area contributed by atoms with Crippen molar-refractivity contribution in [3.8, 4) is 0 Å². The minimum absolute atomic E-state index is 0.588. The number of fused-ring (bicyclic) bond motifs is 5. The first-order valence-corrected chi connectivity index (χ1v) is 24.0. The topological polar surface area (TPSA) is 3.24 Å². The Bertz CT molecular complexity index is 2030. The molecule has 9 unspecified atom stereocenters.